The van der Waals surface area contributed by atoms with Crippen LogP contribution in [-0.2, 0) is 20.0 Å². The van der Waals surface area contributed by atoms with E-state index in [2.05, 4.69) is 6.92 Å². The van der Waals surface area contributed by atoms with Gasteiger partial charge in [-0.05, 0) is 44.5 Å². The lowest BCUT2D eigenvalue weighted by molar-refractivity contribution is -0.266. The summed E-state index contributed by atoms with van der Waals surface area (Å²) in [7, 11) is 0. The van der Waals surface area contributed by atoms with Crippen LogP contribution in [-0.4, -0.2) is 43.7 Å². The van der Waals surface area contributed by atoms with Crippen molar-refractivity contribution >= 4 is 0 Å². The predicted molar refractivity (Wildman–Crippen MR) is 87.5 cm³/mol. The molecule has 130 valence electrons. The minimum Gasteiger partial charge on any atom is -0.491 e. The zero-order chi connectivity index (χ0) is 16.8. The Kier molecular flexibility index (Phi) is 6.41. The van der Waals surface area contributed by atoms with Crippen molar-refractivity contribution in [3.05, 3.63) is 29.8 Å². The molecule has 1 N–H and O–H groups in total. The van der Waals surface area contributed by atoms with Crippen LogP contribution in [0, 0.1) is 0 Å². The summed E-state index contributed by atoms with van der Waals surface area (Å²) in [5.74, 6) is -0.355. The fourth-order valence-electron chi connectivity index (χ4n) is 2.62. The summed E-state index contributed by atoms with van der Waals surface area (Å²) in [6.45, 7) is 8.34. The van der Waals surface area contributed by atoms with E-state index in [0.717, 1.165) is 30.8 Å². The Labute approximate surface area is 138 Å². The molecular formula is C18H28O5. The van der Waals surface area contributed by atoms with Crippen molar-refractivity contribution in [2.75, 3.05) is 33.0 Å². The van der Waals surface area contributed by atoms with Crippen LogP contribution in [0.4, 0.5) is 0 Å². The molecule has 1 fully saturated rings. The van der Waals surface area contributed by atoms with Gasteiger partial charge in [-0.15, -0.1) is 0 Å². The molecule has 0 radical (unpaired) electrons. The smallest absolute Gasteiger partial charge is 0.224 e. The first-order valence-electron chi connectivity index (χ1n) is 8.31. The molecule has 1 aromatic rings. The van der Waals surface area contributed by atoms with E-state index in [1.54, 1.807) is 13.8 Å². The second-order valence-electron chi connectivity index (χ2n) is 6.21. The minimum absolute atomic E-state index is 0.470. The Morgan fingerprint density at radius 3 is 2.30 bits per heavy atom. The van der Waals surface area contributed by atoms with Gasteiger partial charge in [-0.1, -0.05) is 13.3 Å². The van der Waals surface area contributed by atoms with Crippen molar-refractivity contribution < 1.29 is 24.1 Å². The number of unbranched alkanes of at least 4 members (excludes halogenated alkanes) is 1. The van der Waals surface area contributed by atoms with Crippen LogP contribution in [0.15, 0.2) is 24.3 Å². The molecule has 0 saturated carbocycles. The van der Waals surface area contributed by atoms with Crippen molar-refractivity contribution in [2.24, 2.45) is 0 Å². The third-order valence-corrected chi connectivity index (χ3v) is 3.87. The maximum atomic E-state index is 10.4. The zero-order valence-electron chi connectivity index (χ0n) is 14.3. The summed E-state index contributed by atoms with van der Waals surface area (Å²) < 4.78 is 22.6. The van der Waals surface area contributed by atoms with Gasteiger partial charge < -0.3 is 24.1 Å². The molecule has 23 heavy (non-hydrogen) atoms. The number of hydrogen-bond acceptors (Lipinski definition) is 5. The number of ether oxygens (including phenoxy) is 4. The normalized spacial score (nSPS) is 17.4. The van der Waals surface area contributed by atoms with Gasteiger partial charge in [0.1, 0.15) is 18.0 Å². The Morgan fingerprint density at radius 2 is 1.74 bits per heavy atom. The van der Waals surface area contributed by atoms with Gasteiger partial charge in [0, 0.05) is 12.2 Å². The first-order valence-corrected chi connectivity index (χ1v) is 8.31. The second kappa shape index (κ2) is 8.11. The second-order valence-corrected chi connectivity index (χ2v) is 6.21. The third kappa shape index (κ3) is 4.44. The van der Waals surface area contributed by atoms with E-state index in [1.165, 1.54) is 0 Å². The van der Waals surface area contributed by atoms with E-state index < -0.39 is 11.4 Å². The highest BCUT2D eigenvalue weighted by atomic mass is 16.7. The van der Waals surface area contributed by atoms with Gasteiger partial charge in [0.15, 0.2) is 0 Å². The molecule has 1 aliphatic heterocycles. The molecule has 0 amide bonds. The molecule has 1 aromatic carbocycles. The lowest BCUT2D eigenvalue weighted by Crippen LogP contribution is -2.48. The van der Waals surface area contributed by atoms with Gasteiger partial charge >= 0.3 is 0 Å². The molecule has 5 nitrogen and oxygen atoms in total. The summed E-state index contributed by atoms with van der Waals surface area (Å²) in [5.41, 5.74) is -0.354. The fourth-order valence-corrected chi connectivity index (χ4v) is 2.62. The van der Waals surface area contributed by atoms with Crippen molar-refractivity contribution in [2.45, 2.75) is 45.0 Å². The first-order chi connectivity index (χ1) is 11.0. The molecule has 0 atom stereocenters. The predicted octanol–water partition coefficient (Wildman–Crippen LogP) is 2.85. The standard InChI is InChI=1S/C18H28O5/c1-4-5-10-20-11-12-21-16-8-6-15(7-9-16)18(17(2,3)19)22-13-14-23-18/h6-9,19H,4-5,10-14H2,1-3H3. The van der Waals surface area contributed by atoms with Crippen LogP contribution < -0.4 is 4.74 Å². The van der Waals surface area contributed by atoms with Crippen molar-refractivity contribution in [3.8, 4) is 5.75 Å². The molecule has 0 spiro atoms. The fraction of sp³-hybridized carbons (Fsp3) is 0.667. The van der Waals surface area contributed by atoms with Gasteiger partial charge in [-0.2, -0.15) is 0 Å². The van der Waals surface area contributed by atoms with Crippen LogP contribution in [0.3, 0.4) is 0 Å². The van der Waals surface area contributed by atoms with E-state index >= 15 is 0 Å². The number of rotatable bonds is 9. The molecule has 0 bridgehead atoms. The maximum absolute atomic E-state index is 10.4. The van der Waals surface area contributed by atoms with E-state index in [9.17, 15) is 5.11 Å². The SMILES string of the molecule is CCCCOCCOc1ccc(C2(C(C)(C)O)OCCO2)cc1. The van der Waals surface area contributed by atoms with Gasteiger partial charge in [0.25, 0.3) is 0 Å². The van der Waals surface area contributed by atoms with Crippen LogP contribution in [0.1, 0.15) is 39.2 Å². The van der Waals surface area contributed by atoms with E-state index in [-0.39, 0.29) is 0 Å². The highest BCUT2D eigenvalue weighted by molar-refractivity contribution is 5.32. The molecule has 1 aliphatic rings. The highest BCUT2D eigenvalue weighted by Crippen LogP contribution is 2.41. The van der Waals surface area contributed by atoms with Gasteiger partial charge in [-0.25, -0.2) is 0 Å². The minimum atomic E-state index is -1.14. The average Bonchev–Trinajstić information content (AvgIpc) is 3.02. The Balaban J connectivity index is 1.91. The van der Waals surface area contributed by atoms with E-state index in [0.29, 0.717) is 26.4 Å². The molecule has 0 unspecified atom stereocenters. The van der Waals surface area contributed by atoms with Crippen molar-refractivity contribution in [1.82, 2.24) is 0 Å². The van der Waals surface area contributed by atoms with Crippen molar-refractivity contribution in [3.63, 3.8) is 0 Å². The number of hydrogen-bond donors (Lipinski definition) is 1. The van der Waals surface area contributed by atoms with E-state index in [4.69, 9.17) is 18.9 Å². The van der Waals surface area contributed by atoms with Gasteiger partial charge in [0.05, 0.1) is 19.8 Å². The van der Waals surface area contributed by atoms with Crippen LogP contribution >= 0.6 is 0 Å². The summed E-state index contributed by atoms with van der Waals surface area (Å²) in [6.07, 6.45) is 2.21. The molecule has 5 heteroatoms. The van der Waals surface area contributed by atoms with Crippen LogP contribution in [0.25, 0.3) is 0 Å². The summed E-state index contributed by atoms with van der Waals surface area (Å²) >= 11 is 0. The summed E-state index contributed by atoms with van der Waals surface area (Å²) in [4.78, 5) is 0. The summed E-state index contributed by atoms with van der Waals surface area (Å²) in [5, 5.41) is 10.4. The van der Waals surface area contributed by atoms with Crippen LogP contribution in [0.5, 0.6) is 5.75 Å². The Bertz CT molecular complexity index is 457. The number of aliphatic hydroxyl groups is 1. The number of benzene rings is 1. The molecular weight excluding hydrogens is 296 g/mol. The summed E-state index contributed by atoms with van der Waals surface area (Å²) in [6, 6.07) is 7.47. The third-order valence-electron chi connectivity index (χ3n) is 3.87. The highest BCUT2D eigenvalue weighted by Gasteiger charge is 2.51. The molecule has 1 saturated heterocycles. The van der Waals surface area contributed by atoms with Crippen LogP contribution in [0.2, 0.25) is 0 Å². The molecule has 1 heterocycles. The lowest BCUT2D eigenvalue weighted by Gasteiger charge is -2.38. The van der Waals surface area contributed by atoms with Crippen molar-refractivity contribution in [1.29, 1.82) is 0 Å². The zero-order valence-corrected chi connectivity index (χ0v) is 14.3. The quantitative estimate of drug-likeness (QED) is 0.708. The molecule has 0 aliphatic carbocycles. The van der Waals surface area contributed by atoms with Gasteiger partial charge in [-0.3, -0.25) is 0 Å². The lowest BCUT2D eigenvalue weighted by atomic mass is 9.90. The Hall–Kier alpha value is -1.14. The average molecular weight is 324 g/mol. The monoisotopic (exact) mass is 324 g/mol. The molecule has 2 rings (SSSR count). The van der Waals surface area contributed by atoms with Gasteiger partial charge in [0.2, 0.25) is 5.79 Å². The Morgan fingerprint density at radius 1 is 1.09 bits per heavy atom. The largest absolute Gasteiger partial charge is 0.491 e. The molecule has 0 aromatic heterocycles. The topological polar surface area (TPSA) is 57.2 Å². The maximum Gasteiger partial charge on any atom is 0.224 e. The first kappa shape index (κ1) is 18.2. The van der Waals surface area contributed by atoms with E-state index in [1.807, 2.05) is 24.3 Å².